The first-order chi connectivity index (χ1) is 15.0. The smallest absolute Gasteiger partial charge is 0.333 e. The van der Waals surface area contributed by atoms with E-state index < -0.39 is 11.9 Å². The van der Waals surface area contributed by atoms with Crippen LogP contribution in [0.15, 0.2) is 39.8 Å². The molecule has 31 heavy (non-hydrogen) atoms. The van der Waals surface area contributed by atoms with E-state index in [9.17, 15) is 14.4 Å². The van der Waals surface area contributed by atoms with Crippen LogP contribution in [0, 0.1) is 0 Å². The number of carbonyl (C=O) groups excluding carboxylic acids is 2. The number of nitrogens with one attached hydrogen (secondary N) is 1. The highest BCUT2D eigenvalue weighted by molar-refractivity contribution is 7.08. The summed E-state index contributed by atoms with van der Waals surface area (Å²) in [6.07, 6.45) is 2.96. The zero-order valence-corrected chi connectivity index (χ0v) is 18.1. The van der Waals surface area contributed by atoms with Gasteiger partial charge in [0.05, 0.1) is 17.2 Å². The average Bonchev–Trinajstić information content (AvgIpc) is 3.46. The molecule has 0 unspecified atom stereocenters. The first-order valence-electron chi connectivity index (χ1n) is 9.35. The fourth-order valence-electron chi connectivity index (χ4n) is 2.90. The quantitative estimate of drug-likeness (QED) is 0.563. The molecule has 1 amide bonds. The van der Waals surface area contributed by atoms with E-state index in [2.05, 4.69) is 5.32 Å². The molecule has 1 aliphatic heterocycles. The first kappa shape index (κ1) is 20.9. The van der Waals surface area contributed by atoms with Crippen LogP contribution in [0.4, 0.5) is 5.69 Å². The molecule has 0 atom stereocenters. The van der Waals surface area contributed by atoms with Gasteiger partial charge >= 0.3 is 5.97 Å². The van der Waals surface area contributed by atoms with Crippen LogP contribution < -0.4 is 29.5 Å². The van der Waals surface area contributed by atoms with Crippen LogP contribution in [0.1, 0.15) is 12.5 Å². The van der Waals surface area contributed by atoms with E-state index in [4.69, 9.17) is 14.2 Å². The minimum Gasteiger partial charge on any atom is -0.463 e. The second kappa shape index (κ2) is 9.19. The van der Waals surface area contributed by atoms with Gasteiger partial charge in [0.1, 0.15) is 11.2 Å². The second-order valence-corrected chi connectivity index (χ2v) is 8.25. The number of amides is 1. The van der Waals surface area contributed by atoms with Gasteiger partial charge in [-0.2, -0.15) is 11.3 Å². The molecule has 0 saturated heterocycles. The summed E-state index contributed by atoms with van der Waals surface area (Å²) >= 11 is 2.64. The lowest BCUT2D eigenvalue weighted by atomic mass is 10.3. The van der Waals surface area contributed by atoms with Crippen molar-refractivity contribution in [1.82, 2.24) is 4.57 Å². The second-order valence-electron chi connectivity index (χ2n) is 6.41. The fraction of sp³-hybridized carbons (Fsp3) is 0.190. The SMILES string of the molecule is CCOC(=O)/C=c1\s/c(=C\c2ccsc2)c(=O)n1CC(=O)Nc1ccc2c(c1)OCO2. The van der Waals surface area contributed by atoms with Gasteiger partial charge in [-0.25, -0.2) is 4.79 Å². The van der Waals surface area contributed by atoms with Crippen molar-refractivity contribution in [2.75, 3.05) is 18.7 Å². The molecule has 0 aliphatic carbocycles. The molecule has 0 spiro atoms. The van der Waals surface area contributed by atoms with Gasteiger partial charge in [0.15, 0.2) is 11.5 Å². The highest BCUT2D eigenvalue weighted by atomic mass is 32.1. The molecule has 160 valence electrons. The minimum absolute atomic E-state index is 0.132. The number of esters is 1. The highest BCUT2D eigenvalue weighted by Gasteiger charge is 2.15. The molecule has 2 aromatic heterocycles. The van der Waals surface area contributed by atoms with Crippen molar-refractivity contribution in [1.29, 1.82) is 0 Å². The van der Waals surface area contributed by atoms with Gasteiger partial charge < -0.3 is 19.5 Å². The maximum atomic E-state index is 13.0. The van der Waals surface area contributed by atoms with E-state index in [0.717, 1.165) is 16.9 Å². The van der Waals surface area contributed by atoms with Crippen LogP contribution >= 0.6 is 22.7 Å². The molecule has 8 nitrogen and oxygen atoms in total. The Labute approximate surface area is 184 Å². The lowest BCUT2D eigenvalue weighted by Crippen LogP contribution is -2.36. The van der Waals surface area contributed by atoms with Crippen LogP contribution in [0.5, 0.6) is 11.5 Å². The number of nitrogens with zero attached hydrogens (tertiary/aromatic N) is 1. The Morgan fingerprint density at radius 2 is 2.10 bits per heavy atom. The molecule has 1 aromatic carbocycles. The number of ether oxygens (including phenoxy) is 3. The van der Waals surface area contributed by atoms with Crippen LogP contribution in [-0.4, -0.2) is 29.8 Å². The Bertz CT molecular complexity index is 1290. The maximum absolute atomic E-state index is 13.0. The summed E-state index contributed by atoms with van der Waals surface area (Å²) in [6, 6.07) is 6.92. The zero-order valence-electron chi connectivity index (χ0n) is 16.5. The van der Waals surface area contributed by atoms with Crippen molar-refractivity contribution in [2.45, 2.75) is 13.5 Å². The molecule has 3 heterocycles. The van der Waals surface area contributed by atoms with Crippen molar-refractivity contribution in [3.05, 3.63) is 60.1 Å². The average molecular weight is 459 g/mol. The summed E-state index contributed by atoms with van der Waals surface area (Å²) in [5.41, 5.74) is 1.04. The molecule has 0 radical (unpaired) electrons. The lowest BCUT2D eigenvalue weighted by molar-refractivity contribution is -0.135. The number of thiazole rings is 1. The van der Waals surface area contributed by atoms with Crippen LogP contribution in [-0.2, 0) is 20.9 Å². The van der Waals surface area contributed by atoms with E-state index in [1.807, 2.05) is 16.8 Å². The van der Waals surface area contributed by atoms with E-state index in [1.165, 1.54) is 22.0 Å². The van der Waals surface area contributed by atoms with Gasteiger partial charge in [-0.3, -0.25) is 14.2 Å². The molecule has 1 aliphatic rings. The summed E-state index contributed by atoms with van der Waals surface area (Å²) < 4.78 is 17.6. The normalized spacial score (nSPS) is 13.5. The Balaban J connectivity index is 1.64. The number of rotatable bonds is 6. The van der Waals surface area contributed by atoms with Crippen molar-refractivity contribution < 1.29 is 23.8 Å². The van der Waals surface area contributed by atoms with Gasteiger partial charge in [0.2, 0.25) is 12.7 Å². The molecular weight excluding hydrogens is 440 g/mol. The Morgan fingerprint density at radius 1 is 1.26 bits per heavy atom. The molecule has 1 N–H and O–H groups in total. The third kappa shape index (κ3) is 4.86. The summed E-state index contributed by atoms with van der Waals surface area (Å²) in [5.74, 6) is 0.150. The number of benzene rings is 1. The topological polar surface area (TPSA) is 95.9 Å². The third-order valence-corrected chi connectivity index (χ3v) is 6.02. The van der Waals surface area contributed by atoms with Gasteiger partial charge in [-0.05, 0) is 47.5 Å². The highest BCUT2D eigenvalue weighted by Crippen LogP contribution is 2.34. The van der Waals surface area contributed by atoms with E-state index in [-0.39, 0.29) is 25.5 Å². The molecule has 0 bridgehead atoms. The Hall–Kier alpha value is -3.37. The standard InChI is InChI=1S/C21H18N2O6S2/c1-2-27-20(25)9-19-23(21(26)17(31-19)7-13-5-6-30-11-13)10-18(24)22-14-3-4-15-16(8-14)29-12-28-15/h3-9,11H,2,10,12H2,1H3,(H,22,24)/b17-7-,19-9-. The number of carbonyl (C=O) groups is 2. The van der Waals surface area contributed by atoms with Gasteiger partial charge in [0, 0.05) is 11.8 Å². The van der Waals surface area contributed by atoms with Gasteiger partial charge in [-0.15, -0.1) is 11.3 Å². The van der Waals surface area contributed by atoms with Crippen molar-refractivity contribution in [2.24, 2.45) is 0 Å². The van der Waals surface area contributed by atoms with E-state index >= 15 is 0 Å². The number of hydrogen-bond acceptors (Lipinski definition) is 8. The minimum atomic E-state index is -0.573. The zero-order chi connectivity index (χ0) is 21.8. The lowest BCUT2D eigenvalue weighted by Gasteiger charge is -2.07. The van der Waals surface area contributed by atoms with E-state index in [0.29, 0.717) is 26.4 Å². The molecule has 0 fully saturated rings. The monoisotopic (exact) mass is 458 g/mol. The number of hydrogen-bond donors (Lipinski definition) is 1. The molecular formula is C21H18N2O6S2. The molecule has 4 rings (SSSR count). The van der Waals surface area contributed by atoms with E-state index in [1.54, 1.807) is 31.2 Å². The number of fused-ring (bicyclic) bond motifs is 1. The molecule has 3 aromatic rings. The Kier molecular flexibility index (Phi) is 6.19. The molecule has 10 heteroatoms. The third-order valence-electron chi connectivity index (χ3n) is 4.26. The molecule has 0 saturated carbocycles. The van der Waals surface area contributed by atoms with Crippen molar-refractivity contribution in [3.63, 3.8) is 0 Å². The Morgan fingerprint density at radius 3 is 2.87 bits per heavy atom. The fourth-order valence-corrected chi connectivity index (χ4v) is 4.55. The van der Waals surface area contributed by atoms with Gasteiger partial charge in [0.25, 0.3) is 5.56 Å². The summed E-state index contributed by atoms with van der Waals surface area (Å²) in [5, 5.41) is 6.55. The van der Waals surface area contributed by atoms with Crippen molar-refractivity contribution in [3.8, 4) is 11.5 Å². The number of aromatic nitrogens is 1. The van der Waals surface area contributed by atoms with Crippen LogP contribution in [0.2, 0.25) is 0 Å². The maximum Gasteiger partial charge on any atom is 0.333 e. The van der Waals surface area contributed by atoms with Crippen LogP contribution in [0.3, 0.4) is 0 Å². The predicted molar refractivity (Wildman–Crippen MR) is 118 cm³/mol. The summed E-state index contributed by atoms with van der Waals surface area (Å²) in [4.78, 5) is 37.6. The summed E-state index contributed by atoms with van der Waals surface area (Å²) in [6.45, 7) is 1.78. The first-order valence-corrected chi connectivity index (χ1v) is 11.1. The predicted octanol–water partition coefficient (Wildman–Crippen LogP) is 1.51. The number of anilines is 1. The summed E-state index contributed by atoms with van der Waals surface area (Å²) in [7, 11) is 0. The largest absolute Gasteiger partial charge is 0.463 e. The van der Waals surface area contributed by atoms with Crippen molar-refractivity contribution >= 4 is 52.4 Å². The number of thiophene rings is 1. The van der Waals surface area contributed by atoms with Gasteiger partial charge in [-0.1, -0.05) is 0 Å². The van der Waals surface area contributed by atoms with Crippen LogP contribution in [0.25, 0.3) is 12.2 Å².